The van der Waals surface area contributed by atoms with E-state index in [1.807, 2.05) is 0 Å². The minimum absolute atomic E-state index is 0.0810. The van der Waals surface area contributed by atoms with Crippen LogP contribution in [-0.2, 0) is 24.4 Å². The van der Waals surface area contributed by atoms with Crippen molar-refractivity contribution in [2.45, 2.75) is 25.6 Å². The molecule has 164 valence electrons. The van der Waals surface area contributed by atoms with Gasteiger partial charge in [-0.1, -0.05) is 23.4 Å². The van der Waals surface area contributed by atoms with E-state index < -0.39 is 17.8 Å². The Bertz CT molecular complexity index is 1090. The number of hydrogen-bond acceptors (Lipinski definition) is 6. The van der Waals surface area contributed by atoms with Gasteiger partial charge in [0.05, 0.1) is 30.0 Å². The lowest BCUT2D eigenvalue weighted by Gasteiger charge is -2.31. The van der Waals surface area contributed by atoms with Crippen molar-refractivity contribution in [2.24, 2.45) is 7.05 Å². The Morgan fingerprint density at radius 2 is 2.13 bits per heavy atom. The third kappa shape index (κ3) is 4.61. The van der Waals surface area contributed by atoms with Gasteiger partial charge in [-0.2, -0.15) is 23.3 Å². The lowest BCUT2D eigenvalue weighted by atomic mass is 10.1. The summed E-state index contributed by atoms with van der Waals surface area (Å²) in [6, 6.07) is 4.98. The molecular formula is C20H20F3N5O3. The predicted molar refractivity (Wildman–Crippen MR) is 101 cm³/mol. The van der Waals surface area contributed by atoms with Gasteiger partial charge >= 0.3 is 6.18 Å². The summed E-state index contributed by atoms with van der Waals surface area (Å²) >= 11 is 0. The Hall–Kier alpha value is -3.21. The Kier molecular flexibility index (Phi) is 5.52. The lowest BCUT2D eigenvalue weighted by Crippen LogP contribution is -2.42. The predicted octanol–water partition coefficient (Wildman–Crippen LogP) is 2.93. The fourth-order valence-electron chi connectivity index (χ4n) is 3.47. The average molecular weight is 435 g/mol. The summed E-state index contributed by atoms with van der Waals surface area (Å²) in [5, 5.41) is 8.06. The SMILES string of the molecule is Cc1nn(C)cc1C(=O)N1CCO[C@@H](c2nc(Cc3cccc(C(F)(F)F)c3)no2)C1. The van der Waals surface area contributed by atoms with Gasteiger partial charge in [-0.05, 0) is 18.6 Å². The summed E-state index contributed by atoms with van der Waals surface area (Å²) in [6.07, 6.45) is -3.28. The van der Waals surface area contributed by atoms with Crippen molar-refractivity contribution in [3.63, 3.8) is 0 Å². The van der Waals surface area contributed by atoms with Gasteiger partial charge < -0.3 is 14.2 Å². The maximum atomic E-state index is 12.9. The molecular weight excluding hydrogens is 415 g/mol. The van der Waals surface area contributed by atoms with E-state index in [4.69, 9.17) is 9.26 Å². The van der Waals surface area contributed by atoms with Crippen LogP contribution in [0.5, 0.6) is 0 Å². The van der Waals surface area contributed by atoms with Crippen LogP contribution in [0.2, 0.25) is 0 Å². The molecule has 0 radical (unpaired) electrons. The third-order valence-electron chi connectivity index (χ3n) is 4.97. The summed E-state index contributed by atoms with van der Waals surface area (Å²) in [5.41, 5.74) is 0.829. The van der Waals surface area contributed by atoms with E-state index in [0.29, 0.717) is 30.0 Å². The quantitative estimate of drug-likeness (QED) is 0.627. The first-order valence-corrected chi connectivity index (χ1v) is 9.60. The zero-order valence-corrected chi connectivity index (χ0v) is 16.9. The number of amides is 1. The van der Waals surface area contributed by atoms with E-state index in [0.717, 1.165) is 12.1 Å². The van der Waals surface area contributed by atoms with E-state index in [1.54, 1.807) is 35.8 Å². The molecule has 0 bridgehead atoms. The van der Waals surface area contributed by atoms with Crippen molar-refractivity contribution in [2.75, 3.05) is 19.7 Å². The van der Waals surface area contributed by atoms with Crippen molar-refractivity contribution >= 4 is 5.91 Å². The summed E-state index contributed by atoms with van der Waals surface area (Å²) < 4.78 is 51.2. The molecule has 1 aliphatic rings. The molecule has 1 aliphatic heterocycles. The van der Waals surface area contributed by atoms with Gasteiger partial charge in [0, 0.05) is 26.2 Å². The summed E-state index contributed by atoms with van der Waals surface area (Å²) in [6.45, 7) is 2.69. The van der Waals surface area contributed by atoms with E-state index in [1.165, 1.54) is 6.07 Å². The number of morpholine rings is 1. The van der Waals surface area contributed by atoms with Crippen molar-refractivity contribution in [1.29, 1.82) is 0 Å². The zero-order valence-electron chi connectivity index (χ0n) is 16.9. The van der Waals surface area contributed by atoms with E-state index in [-0.39, 0.29) is 30.6 Å². The highest BCUT2D eigenvalue weighted by Gasteiger charge is 2.32. The Labute approximate surface area is 175 Å². The van der Waals surface area contributed by atoms with Crippen LogP contribution in [0.3, 0.4) is 0 Å². The number of alkyl halides is 3. The summed E-state index contributed by atoms with van der Waals surface area (Å²) in [4.78, 5) is 18.7. The van der Waals surface area contributed by atoms with Crippen molar-refractivity contribution in [3.8, 4) is 0 Å². The molecule has 0 aliphatic carbocycles. The van der Waals surface area contributed by atoms with E-state index in [2.05, 4.69) is 15.2 Å². The van der Waals surface area contributed by atoms with Gasteiger partial charge in [-0.25, -0.2) is 0 Å². The Morgan fingerprint density at radius 3 is 2.84 bits per heavy atom. The average Bonchev–Trinajstić information content (AvgIpc) is 3.33. The third-order valence-corrected chi connectivity index (χ3v) is 4.97. The largest absolute Gasteiger partial charge is 0.416 e. The molecule has 0 saturated carbocycles. The maximum absolute atomic E-state index is 12.9. The molecule has 3 heterocycles. The van der Waals surface area contributed by atoms with Gasteiger partial charge in [0.1, 0.15) is 0 Å². The molecule has 1 amide bonds. The molecule has 1 saturated heterocycles. The highest BCUT2D eigenvalue weighted by Crippen LogP contribution is 2.30. The molecule has 1 atom stereocenters. The molecule has 31 heavy (non-hydrogen) atoms. The Balaban J connectivity index is 1.45. The van der Waals surface area contributed by atoms with E-state index in [9.17, 15) is 18.0 Å². The number of carbonyl (C=O) groups is 1. The number of halogens is 3. The minimum atomic E-state index is -4.42. The molecule has 3 aromatic rings. The molecule has 0 N–H and O–H groups in total. The van der Waals surface area contributed by atoms with Crippen LogP contribution < -0.4 is 0 Å². The fourth-order valence-corrected chi connectivity index (χ4v) is 3.47. The van der Waals surface area contributed by atoms with Gasteiger partial charge in [-0.3, -0.25) is 9.48 Å². The highest BCUT2D eigenvalue weighted by molar-refractivity contribution is 5.95. The second kappa shape index (κ2) is 8.14. The number of hydrogen-bond donors (Lipinski definition) is 0. The molecule has 11 heteroatoms. The smallest absolute Gasteiger partial charge is 0.365 e. The molecule has 1 fully saturated rings. The fraction of sp³-hybridized carbons (Fsp3) is 0.400. The molecule has 0 spiro atoms. The van der Waals surface area contributed by atoms with Gasteiger partial charge in [0.15, 0.2) is 11.9 Å². The number of rotatable bonds is 4. The van der Waals surface area contributed by atoms with Crippen LogP contribution in [-0.4, -0.2) is 50.4 Å². The first-order valence-electron chi connectivity index (χ1n) is 9.60. The number of aryl methyl sites for hydroxylation is 2. The second-order valence-corrected chi connectivity index (χ2v) is 7.34. The first-order chi connectivity index (χ1) is 14.7. The number of carbonyl (C=O) groups excluding carboxylic acids is 1. The molecule has 0 unspecified atom stereocenters. The van der Waals surface area contributed by atoms with Gasteiger partial charge in [-0.15, -0.1) is 0 Å². The molecule has 4 rings (SSSR count). The topological polar surface area (TPSA) is 86.3 Å². The monoisotopic (exact) mass is 435 g/mol. The standard InChI is InChI=1S/C20H20F3N5O3/c1-12-15(10-27(2)25-12)19(29)28-6-7-30-16(11-28)18-24-17(26-31-18)9-13-4-3-5-14(8-13)20(21,22)23/h3-5,8,10,16H,6-7,9,11H2,1-2H3/t16-/m1/s1. The molecule has 8 nitrogen and oxygen atoms in total. The maximum Gasteiger partial charge on any atom is 0.416 e. The van der Waals surface area contributed by atoms with Crippen LogP contribution in [0.4, 0.5) is 13.2 Å². The minimum Gasteiger partial charge on any atom is -0.365 e. The summed E-state index contributed by atoms with van der Waals surface area (Å²) in [5.74, 6) is 0.259. The zero-order chi connectivity index (χ0) is 22.2. The Morgan fingerprint density at radius 1 is 1.32 bits per heavy atom. The van der Waals surface area contributed by atoms with Crippen molar-refractivity contribution in [1.82, 2.24) is 24.8 Å². The van der Waals surface area contributed by atoms with Gasteiger partial charge in [0.25, 0.3) is 11.8 Å². The summed E-state index contributed by atoms with van der Waals surface area (Å²) in [7, 11) is 1.75. The van der Waals surface area contributed by atoms with Crippen molar-refractivity contribution < 1.29 is 27.2 Å². The molecule has 2 aromatic heterocycles. The van der Waals surface area contributed by atoms with Gasteiger partial charge in [0.2, 0.25) is 0 Å². The van der Waals surface area contributed by atoms with Crippen molar-refractivity contribution in [3.05, 3.63) is 64.6 Å². The van der Waals surface area contributed by atoms with Crippen LogP contribution in [0, 0.1) is 6.92 Å². The van der Waals surface area contributed by atoms with Crippen LogP contribution >= 0.6 is 0 Å². The highest BCUT2D eigenvalue weighted by atomic mass is 19.4. The number of nitrogens with zero attached hydrogens (tertiary/aromatic N) is 5. The second-order valence-electron chi connectivity index (χ2n) is 7.34. The van der Waals surface area contributed by atoms with E-state index >= 15 is 0 Å². The normalized spacial score (nSPS) is 17.2. The van der Waals surface area contributed by atoms with Crippen LogP contribution in [0.15, 0.2) is 35.0 Å². The molecule has 1 aromatic carbocycles. The van der Waals surface area contributed by atoms with Crippen LogP contribution in [0.1, 0.15) is 45.0 Å². The number of aromatic nitrogens is 4. The van der Waals surface area contributed by atoms with Crippen LogP contribution in [0.25, 0.3) is 0 Å². The lowest BCUT2D eigenvalue weighted by molar-refractivity contribution is -0.137. The first kappa shape index (κ1) is 21.0. The number of benzene rings is 1. The number of ether oxygens (including phenoxy) is 1.